The smallest absolute Gasteiger partial charge is 0.337 e. The molecule has 2 N–H and O–H groups in total. The van der Waals surface area contributed by atoms with Crippen molar-refractivity contribution in [2.75, 3.05) is 32.2 Å². The molecule has 0 spiro atoms. The Balaban J connectivity index is 2.46. The first-order valence-electron chi connectivity index (χ1n) is 7.95. The third kappa shape index (κ3) is 5.11. The van der Waals surface area contributed by atoms with Gasteiger partial charge in [-0.1, -0.05) is 12.1 Å². The zero-order valence-electron chi connectivity index (χ0n) is 15.2. The minimum absolute atomic E-state index is 0.0245. The van der Waals surface area contributed by atoms with E-state index >= 15 is 0 Å². The first-order valence-corrected chi connectivity index (χ1v) is 9.43. The van der Waals surface area contributed by atoms with E-state index in [-0.39, 0.29) is 34.3 Å². The number of rotatable bonds is 9. The molecule has 2 aromatic carbocycles. The second-order valence-electron chi connectivity index (χ2n) is 5.62. The van der Waals surface area contributed by atoms with Crippen LogP contribution >= 0.6 is 0 Å². The molecule has 8 nitrogen and oxygen atoms in total. The monoisotopic (exact) mass is 395 g/mol. The SMILES string of the molecule is COCCOc1cc(NS(=O)(=O)c2cccc(C)c2)c(C(=O)O)cc1OC. The number of methoxy groups -OCH3 is 2. The minimum atomic E-state index is -3.99. The maximum atomic E-state index is 12.7. The lowest BCUT2D eigenvalue weighted by molar-refractivity contribution is 0.0697. The van der Waals surface area contributed by atoms with Gasteiger partial charge in [-0.3, -0.25) is 4.72 Å². The van der Waals surface area contributed by atoms with Gasteiger partial charge in [-0.05, 0) is 24.6 Å². The normalized spacial score (nSPS) is 11.1. The highest BCUT2D eigenvalue weighted by Gasteiger charge is 2.22. The van der Waals surface area contributed by atoms with Crippen molar-refractivity contribution in [2.24, 2.45) is 0 Å². The van der Waals surface area contributed by atoms with E-state index in [1.54, 1.807) is 19.1 Å². The Bertz CT molecular complexity index is 925. The zero-order chi connectivity index (χ0) is 20.0. The molecule has 0 atom stereocenters. The standard InChI is InChI=1S/C18H21NO7S/c1-12-5-4-6-13(9-12)27(22,23)19-15-11-17(26-8-7-24-2)16(25-3)10-14(15)18(20)21/h4-6,9-11,19H,7-8H2,1-3H3,(H,20,21). The summed E-state index contributed by atoms with van der Waals surface area (Å²) in [5.74, 6) is -0.942. The van der Waals surface area contributed by atoms with Crippen molar-refractivity contribution in [1.82, 2.24) is 0 Å². The maximum absolute atomic E-state index is 12.7. The largest absolute Gasteiger partial charge is 0.493 e. The summed E-state index contributed by atoms with van der Waals surface area (Å²) in [7, 11) is -1.12. The quantitative estimate of drug-likeness (QED) is 0.628. The molecule has 0 aliphatic carbocycles. The highest BCUT2D eigenvalue weighted by Crippen LogP contribution is 2.34. The van der Waals surface area contributed by atoms with Crippen molar-refractivity contribution in [3.8, 4) is 11.5 Å². The fourth-order valence-corrected chi connectivity index (χ4v) is 3.49. The Morgan fingerprint density at radius 1 is 1.11 bits per heavy atom. The highest BCUT2D eigenvalue weighted by molar-refractivity contribution is 7.92. The summed E-state index contributed by atoms with van der Waals surface area (Å²) in [6, 6.07) is 8.77. The van der Waals surface area contributed by atoms with Crippen LogP contribution in [-0.4, -0.2) is 46.9 Å². The Hall–Kier alpha value is -2.78. The second-order valence-corrected chi connectivity index (χ2v) is 7.30. The van der Waals surface area contributed by atoms with E-state index in [1.807, 2.05) is 0 Å². The number of aryl methyl sites for hydroxylation is 1. The molecule has 0 radical (unpaired) electrons. The van der Waals surface area contributed by atoms with Crippen LogP contribution < -0.4 is 14.2 Å². The number of hydrogen-bond acceptors (Lipinski definition) is 6. The fourth-order valence-electron chi connectivity index (χ4n) is 2.31. The molecule has 2 aromatic rings. The number of aromatic carboxylic acids is 1. The molecule has 2 rings (SSSR count). The molecule has 9 heteroatoms. The molecule has 0 bridgehead atoms. The van der Waals surface area contributed by atoms with Crippen LogP contribution in [0.5, 0.6) is 11.5 Å². The number of sulfonamides is 1. The minimum Gasteiger partial charge on any atom is -0.493 e. The number of benzene rings is 2. The molecular weight excluding hydrogens is 374 g/mol. The molecule has 0 aliphatic heterocycles. The van der Waals surface area contributed by atoms with E-state index in [4.69, 9.17) is 14.2 Å². The topological polar surface area (TPSA) is 111 Å². The van der Waals surface area contributed by atoms with Crippen molar-refractivity contribution in [2.45, 2.75) is 11.8 Å². The van der Waals surface area contributed by atoms with Crippen LogP contribution in [0.25, 0.3) is 0 Å². The first-order chi connectivity index (χ1) is 12.8. The van der Waals surface area contributed by atoms with Crippen LogP contribution in [0.3, 0.4) is 0 Å². The molecule has 0 aliphatic rings. The molecule has 146 valence electrons. The number of nitrogens with one attached hydrogen (secondary N) is 1. The number of anilines is 1. The molecule has 0 fully saturated rings. The van der Waals surface area contributed by atoms with Crippen molar-refractivity contribution in [1.29, 1.82) is 0 Å². The van der Waals surface area contributed by atoms with E-state index in [2.05, 4.69) is 4.72 Å². The van der Waals surface area contributed by atoms with Gasteiger partial charge < -0.3 is 19.3 Å². The molecule has 27 heavy (non-hydrogen) atoms. The number of ether oxygens (including phenoxy) is 3. The predicted octanol–water partition coefficient (Wildman–Crippen LogP) is 2.53. The van der Waals surface area contributed by atoms with Gasteiger partial charge in [0, 0.05) is 19.2 Å². The lowest BCUT2D eigenvalue weighted by Crippen LogP contribution is -2.16. The maximum Gasteiger partial charge on any atom is 0.337 e. The van der Waals surface area contributed by atoms with Crippen LogP contribution in [0, 0.1) is 6.92 Å². The molecule has 0 heterocycles. The van der Waals surface area contributed by atoms with Gasteiger partial charge in [0.1, 0.15) is 6.61 Å². The van der Waals surface area contributed by atoms with E-state index in [0.717, 1.165) is 5.56 Å². The number of carboxylic acid groups (broad SMARTS) is 1. The van der Waals surface area contributed by atoms with Crippen molar-refractivity contribution in [3.05, 3.63) is 47.5 Å². The van der Waals surface area contributed by atoms with Gasteiger partial charge in [-0.25, -0.2) is 13.2 Å². The Kier molecular flexibility index (Phi) is 6.65. The van der Waals surface area contributed by atoms with Crippen molar-refractivity contribution >= 4 is 21.7 Å². The fraction of sp³-hybridized carbons (Fsp3) is 0.278. The Labute approximate surface area is 157 Å². The third-order valence-electron chi connectivity index (χ3n) is 3.62. The predicted molar refractivity (Wildman–Crippen MR) is 99.3 cm³/mol. The average Bonchev–Trinajstić information content (AvgIpc) is 2.61. The average molecular weight is 395 g/mol. The van der Waals surface area contributed by atoms with Crippen LogP contribution in [0.1, 0.15) is 15.9 Å². The molecule has 0 saturated heterocycles. The van der Waals surface area contributed by atoms with Crippen LogP contribution in [0.2, 0.25) is 0 Å². The summed E-state index contributed by atoms with van der Waals surface area (Å²) in [4.78, 5) is 11.6. The summed E-state index contributed by atoms with van der Waals surface area (Å²) in [6.07, 6.45) is 0. The molecule has 0 amide bonds. The van der Waals surface area contributed by atoms with E-state index in [0.29, 0.717) is 6.61 Å². The Morgan fingerprint density at radius 2 is 1.85 bits per heavy atom. The summed E-state index contributed by atoms with van der Waals surface area (Å²) in [5, 5.41) is 9.45. The third-order valence-corrected chi connectivity index (χ3v) is 4.99. The van der Waals surface area contributed by atoms with Crippen molar-refractivity contribution in [3.63, 3.8) is 0 Å². The molecule has 0 saturated carbocycles. The van der Waals surface area contributed by atoms with Gasteiger partial charge in [0.15, 0.2) is 11.5 Å². The van der Waals surface area contributed by atoms with Gasteiger partial charge in [-0.2, -0.15) is 0 Å². The molecule has 0 unspecified atom stereocenters. The molecule has 0 aromatic heterocycles. The van der Waals surface area contributed by atoms with Crippen LogP contribution in [-0.2, 0) is 14.8 Å². The second kappa shape index (κ2) is 8.74. The number of carbonyl (C=O) groups is 1. The van der Waals surface area contributed by atoms with Crippen molar-refractivity contribution < 1.29 is 32.5 Å². The van der Waals surface area contributed by atoms with Crippen LogP contribution in [0.15, 0.2) is 41.3 Å². The van der Waals surface area contributed by atoms with E-state index < -0.39 is 16.0 Å². The Morgan fingerprint density at radius 3 is 2.44 bits per heavy atom. The van der Waals surface area contributed by atoms with Gasteiger partial charge >= 0.3 is 5.97 Å². The number of hydrogen-bond donors (Lipinski definition) is 2. The summed E-state index contributed by atoms with van der Waals surface area (Å²) in [6.45, 7) is 2.24. The first kappa shape index (κ1) is 20.5. The lowest BCUT2D eigenvalue weighted by atomic mass is 10.1. The summed E-state index contributed by atoms with van der Waals surface area (Å²) < 4.78 is 43.2. The molecular formula is C18H21NO7S. The van der Waals surface area contributed by atoms with Gasteiger partial charge in [-0.15, -0.1) is 0 Å². The van der Waals surface area contributed by atoms with Crippen LogP contribution in [0.4, 0.5) is 5.69 Å². The summed E-state index contributed by atoms with van der Waals surface area (Å²) >= 11 is 0. The lowest BCUT2D eigenvalue weighted by Gasteiger charge is -2.16. The van der Waals surface area contributed by atoms with Gasteiger partial charge in [0.05, 0.1) is 29.9 Å². The van der Waals surface area contributed by atoms with E-state index in [1.165, 1.54) is 38.5 Å². The number of carboxylic acids is 1. The van der Waals surface area contributed by atoms with Gasteiger partial charge in [0.25, 0.3) is 10.0 Å². The summed E-state index contributed by atoms with van der Waals surface area (Å²) in [5.41, 5.74) is 0.369. The van der Waals surface area contributed by atoms with E-state index in [9.17, 15) is 18.3 Å². The highest BCUT2D eigenvalue weighted by atomic mass is 32.2. The zero-order valence-corrected chi connectivity index (χ0v) is 16.0. The van der Waals surface area contributed by atoms with Gasteiger partial charge in [0.2, 0.25) is 0 Å².